The third kappa shape index (κ3) is 20.5. The largest absolute Gasteiger partial charge is 0.393 e. The number of aliphatic hydroxyl groups excluding tert-OH is 1. The Balaban J connectivity index is 3.61. The van der Waals surface area contributed by atoms with Gasteiger partial charge in [0.15, 0.2) is 0 Å². The summed E-state index contributed by atoms with van der Waals surface area (Å²) in [6.07, 6.45) is 28.1. The first-order valence-electron chi connectivity index (χ1n) is 12.9. The maximum Gasteiger partial charge on any atom is 0.0542 e. The molecule has 0 heterocycles. The summed E-state index contributed by atoms with van der Waals surface area (Å²) < 4.78 is 0. The zero-order valence-corrected chi connectivity index (χ0v) is 19.5. The van der Waals surface area contributed by atoms with Crippen LogP contribution < -0.4 is 0 Å². The molecule has 0 amide bonds. The van der Waals surface area contributed by atoms with Gasteiger partial charge in [0, 0.05) is 0 Å². The second-order valence-electron chi connectivity index (χ2n) is 9.07. The van der Waals surface area contributed by atoms with Crippen molar-refractivity contribution >= 4 is 0 Å². The first kappa shape index (κ1) is 27.0. The average Bonchev–Trinajstić information content (AvgIpc) is 2.66. The molecule has 0 saturated heterocycles. The first-order chi connectivity index (χ1) is 13.2. The molecule has 0 bridgehead atoms. The molecular weight excluding hydrogens is 328 g/mol. The Bertz CT molecular complexity index is 263. The van der Waals surface area contributed by atoms with Gasteiger partial charge in [0.1, 0.15) is 0 Å². The molecule has 0 spiro atoms. The van der Waals surface area contributed by atoms with Crippen LogP contribution in [0.3, 0.4) is 0 Å². The van der Waals surface area contributed by atoms with Crippen LogP contribution in [0.4, 0.5) is 0 Å². The Morgan fingerprint density at radius 3 is 1.30 bits per heavy atom. The monoisotopic (exact) mass is 382 g/mol. The predicted octanol–water partition coefficient (Wildman–Crippen LogP) is 9.22. The van der Waals surface area contributed by atoms with Crippen LogP contribution in [0.25, 0.3) is 0 Å². The van der Waals surface area contributed by atoms with Crippen molar-refractivity contribution in [2.75, 3.05) is 0 Å². The van der Waals surface area contributed by atoms with E-state index >= 15 is 0 Å². The number of hydrogen-bond acceptors (Lipinski definition) is 1. The van der Waals surface area contributed by atoms with E-state index in [9.17, 15) is 5.11 Å². The maximum atomic E-state index is 10.4. The van der Waals surface area contributed by atoms with Crippen molar-refractivity contribution in [3.63, 3.8) is 0 Å². The van der Waals surface area contributed by atoms with Crippen molar-refractivity contribution in [3.8, 4) is 0 Å². The number of unbranched alkanes of at least 4 members (excludes halogenated alkanes) is 14. The molecular formula is C26H54O. The highest BCUT2D eigenvalue weighted by molar-refractivity contribution is 4.66. The van der Waals surface area contributed by atoms with Gasteiger partial charge in [-0.2, -0.15) is 0 Å². The van der Waals surface area contributed by atoms with Crippen LogP contribution in [-0.2, 0) is 0 Å². The fourth-order valence-electron chi connectivity index (χ4n) is 4.37. The number of aliphatic hydroxyl groups is 1. The summed E-state index contributed by atoms with van der Waals surface area (Å²) in [4.78, 5) is 0. The Morgan fingerprint density at radius 2 is 0.852 bits per heavy atom. The van der Waals surface area contributed by atoms with Gasteiger partial charge >= 0.3 is 0 Å². The third-order valence-electron chi connectivity index (χ3n) is 6.16. The van der Waals surface area contributed by atoms with E-state index in [1.54, 1.807) is 0 Å². The predicted molar refractivity (Wildman–Crippen MR) is 123 cm³/mol. The summed E-state index contributed by atoms with van der Waals surface area (Å²) in [5, 5.41) is 10.4. The van der Waals surface area contributed by atoms with Crippen molar-refractivity contribution < 1.29 is 5.11 Å². The van der Waals surface area contributed by atoms with Crippen LogP contribution in [0.2, 0.25) is 0 Å². The van der Waals surface area contributed by atoms with Crippen LogP contribution in [0.1, 0.15) is 156 Å². The highest BCUT2D eigenvalue weighted by Crippen LogP contribution is 2.23. The number of hydrogen-bond donors (Lipinski definition) is 1. The summed E-state index contributed by atoms with van der Waals surface area (Å²) in [5.41, 5.74) is 0. The van der Waals surface area contributed by atoms with Gasteiger partial charge in [0.25, 0.3) is 0 Å². The standard InChI is InChI=1S/C26H54O/c1-4-7-9-11-13-14-16-17-19-22-25(21-6-3)24-26(27)23-20-18-15-12-10-8-5-2/h25-27H,4-24H2,1-3H3. The maximum absolute atomic E-state index is 10.4. The van der Waals surface area contributed by atoms with Crippen LogP contribution >= 0.6 is 0 Å². The molecule has 0 radical (unpaired) electrons. The van der Waals surface area contributed by atoms with Gasteiger partial charge in [-0.05, 0) is 18.8 Å². The van der Waals surface area contributed by atoms with Crippen LogP contribution in [0.15, 0.2) is 0 Å². The minimum atomic E-state index is -0.0456. The van der Waals surface area contributed by atoms with E-state index in [1.807, 2.05) is 0 Å². The molecule has 1 nitrogen and oxygen atoms in total. The summed E-state index contributed by atoms with van der Waals surface area (Å²) in [7, 11) is 0. The van der Waals surface area contributed by atoms with Gasteiger partial charge in [-0.25, -0.2) is 0 Å². The molecule has 1 N–H and O–H groups in total. The van der Waals surface area contributed by atoms with Crippen molar-refractivity contribution in [1.29, 1.82) is 0 Å². The second kappa shape index (κ2) is 22.3. The van der Waals surface area contributed by atoms with Crippen molar-refractivity contribution in [2.24, 2.45) is 5.92 Å². The molecule has 164 valence electrons. The molecule has 1 heteroatoms. The first-order valence-corrected chi connectivity index (χ1v) is 12.9. The Labute approximate surface area is 173 Å². The number of rotatable bonds is 22. The van der Waals surface area contributed by atoms with Gasteiger partial charge in [-0.15, -0.1) is 0 Å². The lowest BCUT2D eigenvalue weighted by Gasteiger charge is -2.20. The molecule has 0 aliphatic rings. The van der Waals surface area contributed by atoms with Crippen molar-refractivity contribution in [1.82, 2.24) is 0 Å². The van der Waals surface area contributed by atoms with Gasteiger partial charge in [0.05, 0.1) is 6.10 Å². The van der Waals surface area contributed by atoms with Gasteiger partial charge in [-0.1, -0.05) is 143 Å². The van der Waals surface area contributed by atoms with Gasteiger partial charge in [0.2, 0.25) is 0 Å². The van der Waals surface area contributed by atoms with Crippen molar-refractivity contribution in [2.45, 2.75) is 162 Å². The van der Waals surface area contributed by atoms with E-state index < -0.39 is 0 Å². The smallest absolute Gasteiger partial charge is 0.0542 e. The Morgan fingerprint density at radius 1 is 0.444 bits per heavy atom. The van der Waals surface area contributed by atoms with E-state index in [0.717, 1.165) is 18.8 Å². The molecule has 0 aliphatic carbocycles. The molecule has 0 rings (SSSR count). The lowest BCUT2D eigenvalue weighted by atomic mass is 9.89. The van der Waals surface area contributed by atoms with E-state index in [0.29, 0.717) is 0 Å². The molecule has 0 fully saturated rings. The van der Waals surface area contributed by atoms with Gasteiger partial charge < -0.3 is 5.11 Å². The Hall–Kier alpha value is -0.0400. The SMILES string of the molecule is CCCCCCCCCCCC(CCC)CC(O)CCCCCCCCC. The molecule has 0 aromatic carbocycles. The van der Waals surface area contributed by atoms with E-state index in [1.165, 1.54) is 122 Å². The lowest BCUT2D eigenvalue weighted by molar-refractivity contribution is 0.124. The third-order valence-corrected chi connectivity index (χ3v) is 6.16. The Kier molecular flexibility index (Phi) is 22.2. The summed E-state index contributed by atoms with van der Waals surface area (Å²) in [5.74, 6) is 0.763. The van der Waals surface area contributed by atoms with E-state index in [2.05, 4.69) is 20.8 Å². The minimum Gasteiger partial charge on any atom is -0.393 e. The molecule has 0 aromatic heterocycles. The minimum absolute atomic E-state index is 0.0456. The fourth-order valence-corrected chi connectivity index (χ4v) is 4.37. The summed E-state index contributed by atoms with van der Waals surface area (Å²) in [6.45, 7) is 6.86. The fraction of sp³-hybridized carbons (Fsp3) is 1.00. The van der Waals surface area contributed by atoms with Crippen LogP contribution in [0, 0.1) is 5.92 Å². The van der Waals surface area contributed by atoms with Crippen LogP contribution in [0.5, 0.6) is 0 Å². The molecule has 2 unspecified atom stereocenters. The average molecular weight is 383 g/mol. The lowest BCUT2D eigenvalue weighted by Crippen LogP contribution is -2.14. The second-order valence-corrected chi connectivity index (χ2v) is 9.07. The quantitative estimate of drug-likeness (QED) is 0.185. The summed E-state index contributed by atoms with van der Waals surface area (Å²) in [6, 6.07) is 0. The molecule has 27 heavy (non-hydrogen) atoms. The van der Waals surface area contributed by atoms with Crippen LogP contribution in [-0.4, -0.2) is 11.2 Å². The molecule has 0 aromatic rings. The van der Waals surface area contributed by atoms with E-state index in [-0.39, 0.29) is 6.10 Å². The molecule has 2 atom stereocenters. The highest BCUT2D eigenvalue weighted by atomic mass is 16.3. The molecule has 0 aliphatic heterocycles. The molecule has 0 saturated carbocycles. The zero-order valence-electron chi connectivity index (χ0n) is 19.5. The van der Waals surface area contributed by atoms with Crippen molar-refractivity contribution in [3.05, 3.63) is 0 Å². The highest BCUT2D eigenvalue weighted by Gasteiger charge is 2.13. The van der Waals surface area contributed by atoms with Gasteiger partial charge in [-0.3, -0.25) is 0 Å². The van der Waals surface area contributed by atoms with E-state index in [4.69, 9.17) is 0 Å². The zero-order chi connectivity index (χ0) is 20.0. The normalized spacial score (nSPS) is 13.8. The summed E-state index contributed by atoms with van der Waals surface area (Å²) >= 11 is 0. The topological polar surface area (TPSA) is 20.2 Å².